The summed E-state index contributed by atoms with van der Waals surface area (Å²) >= 11 is 0. The SMILES string of the molecule is O=C(NCc1ccc(-n2cncn2)cc1)c1ccc2c(c1)C(=O)N(Cc1ccccc1)C2=O. The summed E-state index contributed by atoms with van der Waals surface area (Å²) in [6, 6.07) is 21.5. The average Bonchev–Trinajstić information content (AvgIpc) is 3.47. The van der Waals surface area contributed by atoms with Crippen LogP contribution < -0.4 is 5.32 Å². The zero-order valence-corrected chi connectivity index (χ0v) is 17.5. The molecule has 0 unspecified atom stereocenters. The summed E-state index contributed by atoms with van der Waals surface area (Å²) in [4.78, 5) is 43.4. The Bertz CT molecular complexity index is 1330. The van der Waals surface area contributed by atoms with Gasteiger partial charge in [0.2, 0.25) is 0 Å². The van der Waals surface area contributed by atoms with Gasteiger partial charge >= 0.3 is 0 Å². The fraction of sp³-hybridized carbons (Fsp3) is 0.0800. The van der Waals surface area contributed by atoms with Crippen LogP contribution in [0.2, 0.25) is 0 Å². The minimum Gasteiger partial charge on any atom is -0.348 e. The highest BCUT2D eigenvalue weighted by Gasteiger charge is 2.35. The van der Waals surface area contributed by atoms with Crippen LogP contribution in [0.15, 0.2) is 85.5 Å². The summed E-state index contributed by atoms with van der Waals surface area (Å²) in [5.74, 6) is -1.06. The Kier molecular flexibility index (Phi) is 5.24. The number of hydrogen-bond donors (Lipinski definition) is 1. The van der Waals surface area contributed by atoms with E-state index in [0.717, 1.165) is 16.8 Å². The van der Waals surface area contributed by atoms with Gasteiger partial charge in [0.15, 0.2) is 0 Å². The zero-order chi connectivity index (χ0) is 22.8. The van der Waals surface area contributed by atoms with E-state index in [4.69, 9.17) is 0 Å². The van der Waals surface area contributed by atoms with E-state index in [2.05, 4.69) is 15.4 Å². The Balaban J connectivity index is 1.26. The quantitative estimate of drug-likeness (QED) is 0.468. The standard InChI is InChI=1S/C25H19N5O3/c31-23(27-13-17-6-9-20(10-7-17)30-16-26-15-28-30)19-8-11-21-22(12-19)25(33)29(24(21)32)14-18-4-2-1-3-5-18/h1-12,15-16H,13-14H2,(H,27,31). The van der Waals surface area contributed by atoms with Crippen molar-refractivity contribution in [3.63, 3.8) is 0 Å². The van der Waals surface area contributed by atoms with Crippen LogP contribution in [0.25, 0.3) is 5.69 Å². The van der Waals surface area contributed by atoms with Gasteiger partial charge in [-0.1, -0.05) is 42.5 Å². The van der Waals surface area contributed by atoms with Crippen LogP contribution in [0.3, 0.4) is 0 Å². The van der Waals surface area contributed by atoms with Gasteiger partial charge in [0.1, 0.15) is 12.7 Å². The van der Waals surface area contributed by atoms with Crippen LogP contribution in [0.5, 0.6) is 0 Å². The van der Waals surface area contributed by atoms with Gasteiger partial charge in [0, 0.05) is 12.1 Å². The van der Waals surface area contributed by atoms with Crippen molar-refractivity contribution < 1.29 is 14.4 Å². The van der Waals surface area contributed by atoms with E-state index in [-0.39, 0.29) is 23.9 Å². The predicted octanol–water partition coefficient (Wildman–Crippen LogP) is 2.99. The molecule has 3 amide bonds. The van der Waals surface area contributed by atoms with Crippen LogP contribution in [0.4, 0.5) is 0 Å². The van der Waals surface area contributed by atoms with E-state index in [9.17, 15) is 14.4 Å². The first-order valence-corrected chi connectivity index (χ1v) is 10.4. The lowest BCUT2D eigenvalue weighted by molar-refractivity contribution is 0.0642. The molecule has 0 radical (unpaired) electrons. The molecule has 5 rings (SSSR count). The van der Waals surface area contributed by atoms with Crippen LogP contribution in [-0.4, -0.2) is 37.4 Å². The van der Waals surface area contributed by atoms with E-state index in [1.54, 1.807) is 23.1 Å². The minimum absolute atomic E-state index is 0.194. The molecule has 0 fully saturated rings. The maximum absolute atomic E-state index is 12.9. The first kappa shape index (κ1) is 20.3. The van der Waals surface area contributed by atoms with Crippen molar-refractivity contribution >= 4 is 17.7 Å². The Hall–Kier alpha value is -4.59. The molecule has 0 bridgehead atoms. The van der Waals surface area contributed by atoms with E-state index < -0.39 is 5.91 Å². The molecule has 162 valence electrons. The van der Waals surface area contributed by atoms with E-state index >= 15 is 0 Å². The molecule has 0 atom stereocenters. The van der Waals surface area contributed by atoms with Crippen LogP contribution in [0.1, 0.15) is 42.2 Å². The summed E-state index contributed by atoms with van der Waals surface area (Å²) in [7, 11) is 0. The lowest BCUT2D eigenvalue weighted by atomic mass is 10.1. The normalized spacial score (nSPS) is 12.7. The maximum Gasteiger partial charge on any atom is 0.261 e. The highest BCUT2D eigenvalue weighted by Crippen LogP contribution is 2.25. The van der Waals surface area contributed by atoms with Crippen molar-refractivity contribution in [2.24, 2.45) is 0 Å². The van der Waals surface area contributed by atoms with Gasteiger partial charge in [-0.15, -0.1) is 0 Å². The Morgan fingerprint density at radius 1 is 0.848 bits per heavy atom. The highest BCUT2D eigenvalue weighted by molar-refractivity contribution is 6.22. The van der Waals surface area contributed by atoms with Crippen molar-refractivity contribution in [3.05, 3.63) is 113 Å². The number of benzene rings is 3. The number of carbonyl (C=O) groups is 3. The maximum atomic E-state index is 12.9. The fourth-order valence-electron chi connectivity index (χ4n) is 3.73. The molecule has 1 aliphatic heterocycles. The largest absolute Gasteiger partial charge is 0.348 e. The van der Waals surface area contributed by atoms with Gasteiger partial charge in [-0.25, -0.2) is 9.67 Å². The molecule has 0 saturated heterocycles. The van der Waals surface area contributed by atoms with Gasteiger partial charge in [-0.05, 0) is 41.5 Å². The lowest BCUT2D eigenvalue weighted by Gasteiger charge is -2.13. The van der Waals surface area contributed by atoms with Crippen LogP contribution in [-0.2, 0) is 13.1 Å². The van der Waals surface area contributed by atoms with Gasteiger partial charge in [0.05, 0.1) is 23.4 Å². The molecule has 0 aliphatic carbocycles. The number of imide groups is 1. The van der Waals surface area contributed by atoms with Gasteiger partial charge < -0.3 is 5.32 Å². The number of carbonyl (C=O) groups excluding carboxylic acids is 3. The molecule has 1 aliphatic rings. The molecule has 33 heavy (non-hydrogen) atoms. The third-order valence-corrected chi connectivity index (χ3v) is 5.49. The molecule has 3 aromatic carbocycles. The summed E-state index contributed by atoms with van der Waals surface area (Å²) in [6.45, 7) is 0.514. The smallest absolute Gasteiger partial charge is 0.261 e. The topological polar surface area (TPSA) is 97.2 Å². The second kappa shape index (κ2) is 8.51. The lowest BCUT2D eigenvalue weighted by Crippen LogP contribution is -2.29. The number of aromatic nitrogens is 3. The Morgan fingerprint density at radius 2 is 1.61 bits per heavy atom. The zero-order valence-electron chi connectivity index (χ0n) is 17.5. The number of nitrogens with one attached hydrogen (secondary N) is 1. The van der Waals surface area contributed by atoms with Gasteiger partial charge in [0.25, 0.3) is 17.7 Å². The summed E-state index contributed by atoms with van der Waals surface area (Å²) < 4.78 is 1.65. The molecule has 4 aromatic rings. The molecule has 2 heterocycles. The summed E-state index contributed by atoms with van der Waals surface area (Å²) in [5.41, 5.74) is 3.53. The summed E-state index contributed by atoms with van der Waals surface area (Å²) in [6.07, 6.45) is 3.07. The number of rotatable bonds is 6. The monoisotopic (exact) mass is 437 g/mol. The third-order valence-electron chi connectivity index (χ3n) is 5.49. The minimum atomic E-state index is -0.391. The number of hydrogen-bond acceptors (Lipinski definition) is 5. The molecule has 0 saturated carbocycles. The number of nitrogens with zero attached hydrogens (tertiary/aromatic N) is 4. The number of amides is 3. The van der Waals surface area contributed by atoms with Crippen molar-refractivity contribution in [2.45, 2.75) is 13.1 Å². The molecule has 1 N–H and O–H groups in total. The van der Waals surface area contributed by atoms with Crippen molar-refractivity contribution in [1.82, 2.24) is 25.0 Å². The van der Waals surface area contributed by atoms with Crippen LogP contribution in [0, 0.1) is 0 Å². The molecule has 1 aromatic heterocycles. The average molecular weight is 437 g/mol. The van der Waals surface area contributed by atoms with E-state index in [1.807, 2.05) is 54.6 Å². The van der Waals surface area contributed by atoms with Gasteiger partial charge in [-0.3, -0.25) is 19.3 Å². The Morgan fingerprint density at radius 3 is 2.33 bits per heavy atom. The van der Waals surface area contributed by atoms with Crippen molar-refractivity contribution in [3.8, 4) is 5.69 Å². The van der Waals surface area contributed by atoms with Crippen LogP contribution >= 0.6 is 0 Å². The molecule has 8 heteroatoms. The first-order chi connectivity index (χ1) is 16.1. The second-order valence-electron chi connectivity index (χ2n) is 7.63. The van der Waals surface area contributed by atoms with E-state index in [1.165, 1.54) is 17.3 Å². The molecule has 8 nitrogen and oxygen atoms in total. The fourth-order valence-corrected chi connectivity index (χ4v) is 3.73. The van der Waals surface area contributed by atoms with Crippen molar-refractivity contribution in [2.75, 3.05) is 0 Å². The van der Waals surface area contributed by atoms with Crippen molar-refractivity contribution in [1.29, 1.82) is 0 Å². The summed E-state index contributed by atoms with van der Waals surface area (Å²) in [5, 5.41) is 6.93. The molecular formula is C25H19N5O3. The van der Waals surface area contributed by atoms with E-state index in [0.29, 0.717) is 17.7 Å². The third kappa shape index (κ3) is 4.01. The second-order valence-corrected chi connectivity index (χ2v) is 7.63. The van der Waals surface area contributed by atoms with Gasteiger partial charge in [-0.2, -0.15) is 5.10 Å². The first-order valence-electron chi connectivity index (χ1n) is 10.4. The molecule has 0 spiro atoms. The predicted molar refractivity (Wildman–Crippen MR) is 120 cm³/mol. The highest BCUT2D eigenvalue weighted by atomic mass is 16.2. The molecular weight excluding hydrogens is 418 g/mol. The number of fused-ring (bicyclic) bond motifs is 1. The Labute approximate surface area is 189 Å².